The minimum atomic E-state index is -0.356. The van der Waals surface area contributed by atoms with Crippen LogP contribution in [0.4, 0.5) is 0 Å². The third-order valence-corrected chi connectivity index (χ3v) is 3.34. The molecule has 2 rings (SSSR count). The molecule has 0 aromatic heterocycles. The quantitative estimate of drug-likeness (QED) is 0.599. The van der Waals surface area contributed by atoms with E-state index in [1.54, 1.807) is 12.1 Å². The van der Waals surface area contributed by atoms with Crippen molar-refractivity contribution < 1.29 is 4.79 Å². The molecule has 1 saturated carbocycles. The third-order valence-electron chi connectivity index (χ3n) is 2.41. The Morgan fingerprint density at radius 3 is 2.79 bits per heavy atom. The summed E-state index contributed by atoms with van der Waals surface area (Å²) in [4.78, 5) is 14.1. The molecule has 1 aromatic carbocycles. The SMILES string of the molecule is O=C=NC1(c2cc(Cl)ccc2Br)CC1. The molecule has 1 aliphatic carbocycles. The summed E-state index contributed by atoms with van der Waals surface area (Å²) in [6.45, 7) is 0. The molecule has 1 fully saturated rings. The van der Waals surface area contributed by atoms with Gasteiger partial charge in [-0.05, 0) is 36.6 Å². The Kier molecular flexibility index (Phi) is 2.48. The van der Waals surface area contributed by atoms with Gasteiger partial charge < -0.3 is 0 Å². The van der Waals surface area contributed by atoms with Crippen LogP contribution in [0, 0.1) is 0 Å². The Balaban J connectivity index is 2.50. The number of nitrogens with zero attached hydrogens (tertiary/aromatic N) is 1. The molecule has 0 radical (unpaired) electrons. The molecule has 72 valence electrons. The van der Waals surface area contributed by atoms with Gasteiger partial charge >= 0.3 is 0 Å². The fourth-order valence-corrected chi connectivity index (χ4v) is 2.29. The van der Waals surface area contributed by atoms with Crippen LogP contribution in [-0.2, 0) is 10.3 Å². The van der Waals surface area contributed by atoms with Gasteiger partial charge in [0.1, 0.15) is 0 Å². The number of halogens is 2. The van der Waals surface area contributed by atoms with Crippen LogP contribution in [0.1, 0.15) is 18.4 Å². The highest BCUT2D eigenvalue weighted by Crippen LogP contribution is 2.51. The minimum Gasteiger partial charge on any atom is -0.211 e. The van der Waals surface area contributed by atoms with Gasteiger partial charge in [-0.2, -0.15) is 4.99 Å². The number of benzene rings is 1. The molecule has 0 atom stereocenters. The van der Waals surface area contributed by atoms with E-state index in [1.807, 2.05) is 12.1 Å². The molecule has 2 nitrogen and oxygen atoms in total. The Morgan fingerprint density at radius 1 is 1.50 bits per heavy atom. The van der Waals surface area contributed by atoms with E-state index in [9.17, 15) is 4.79 Å². The molecular formula is C10H7BrClNO. The maximum atomic E-state index is 10.3. The van der Waals surface area contributed by atoms with E-state index in [0.29, 0.717) is 5.02 Å². The van der Waals surface area contributed by atoms with E-state index >= 15 is 0 Å². The topological polar surface area (TPSA) is 29.4 Å². The Bertz CT molecular complexity index is 422. The van der Waals surface area contributed by atoms with Crippen molar-refractivity contribution in [2.24, 2.45) is 4.99 Å². The van der Waals surface area contributed by atoms with Gasteiger partial charge in [0.25, 0.3) is 0 Å². The van der Waals surface area contributed by atoms with Crippen LogP contribution in [0.25, 0.3) is 0 Å². The molecule has 14 heavy (non-hydrogen) atoms. The lowest BCUT2D eigenvalue weighted by molar-refractivity contribution is 0.556. The molecule has 0 saturated heterocycles. The summed E-state index contributed by atoms with van der Waals surface area (Å²) >= 11 is 9.32. The van der Waals surface area contributed by atoms with Gasteiger partial charge in [-0.1, -0.05) is 27.5 Å². The predicted octanol–water partition coefficient (Wildman–Crippen LogP) is 3.43. The smallest absolute Gasteiger partial charge is 0.211 e. The number of isocyanates is 1. The fourth-order valence-electron chi connectivity index (χ4n) is 1.50. The summed E-state index contributed by atoms with van der Waals surface area (Å²) in [5.41, 5.74) is 0.624. The normalized spacial score (nSPS) is 17.3. The van der Waals surface area contributed by atoms with Crippen molar-refractivity contribution in [2.45, 2.75) is 18.4 Å². The number of hydrogen-bond acceptors (Lipinski definition) is 2. The van der Waals surface area contributed by atoms with E-state index in [-0.39, 0.29) is 5.54 Å². The van der Waals surface area contributed by atoms with Crippen LogP contribution in [-0.4, -0.2) is 6.08 Å². The van der Waals surface area contributed by atoms with Crippen molar-refractivity contribution in [3.05, 3.63) is 33.3 Å². The highest BCUT2D eigenvalue weighted by atomic mass is 79.9. The van der Waals surface area contributed by atoms with E-state index in [0.717, 1.165) is 22.9 Å². The van der Waals surface area contributed by atoms with Gasteiger partial charge in [-0.3, -0.25) is 0 Å². The van der Waals surface area contributed by atoms with Crippen LogP contribution in [0.3, 0.4) is 0 Å². The Labute approximate surface area is 95.1 Å². The lowest BCUT2D eigenvalue weighted by Crippen LogP contribution is -2.03. The van der Waals surface area contributed by atoms with Crippen LogP contribution < -0.4 is 0 Å². The monoisotopic (exact) mass is 271 g/mol. The lowest BCUT2D eigenvalue weighted by atomic mass is 10.1. The van der Waals surface area contributed by atoms with Gasteiger partial charge in [0.15, 0.2) is 0 Å². The molecule has 0 N–H and O–H groups in total. The van der Waals surface area contributed by atoms with Crippen LogP contribution in [0.2, 0.25) is 5.02 Å². The number of aliphatic imine (C=N–C) groups is 1. The molecule has 0 bridgehead atoms. The maximum Gasteiger partial charge on any atom is 0.235 e. The first-order valence-corrected chi connectivity index (χ1v) is 5.40. The molecular weight excluding hydrogens is 265 g/mol. The number of carbonyl (C=O) groups excluding carboxylic acids is 1. The molecule has 4 heteroatoms. The highest BCUT2D eigenvalue weighted by molar-refractivity contribution is 9.10. The second-order valence-electron chi connectivity index (χ2n) is 3.36. The van der Waals surface area contributed by atoms with Crippen LogP contribution in [0.5, 0.6) is 0 Å². The van der Waals surface area contributed by atoms with Gasteiger partial charge in [-0.25, -0.2) is 4.79 Å². The zero-order valence-electron chi connectivity index (χ0n) is 7.26. The first kappa shape index (κ1) is 9.91. The van der Waals surface area contributed by atoms with Crippen molar-refractivity contribution >= 4 is 33.6 Å². The molecule has 1 aromatic rings. The summed E-state index contributed by atoms with van der Waals surface area (Å²) in [5.74, 6) is 0. The molecule has 0 heterocycles. The van der Waals surface area contributed by atoms with Crippen molar-refractivity contribution in [1.82, 2.24) is 0 Å². The van der Waals surface area contributed by atoms with E-state index in [2.05, 4.69) is 20.9 Å². The van der Waals surface area contributed by atoms with E-state index in [1.165, 1.54) is 0 Å². The molecule has 0 spiro atoms. The van der Waals surface area contributed by atoms with Crippen LogP contribution >= 0.6 is 27.5 Å². The van der Waals surface area contributed by atoms with Crippen molar-refractivity contribution in [3.63, 3.8) is 0 Å². The highest BCUT2D eigenvalue weighted by Gasteiger charge is 2.46. The third kappa shape index (κ3) is 1.63. The van der Waals surface area contributed by atoms with E-state index in [4.69, 9.17) is 11.6 Å². The molecule has 0 unspecified atom stereocenters. The van der Waals surface area contributed by atoms with Crippen LogP contribution in [0.15, 0.2) is 27.7 Å². The average molecular weight is 273 g/mol. The molecule has 0 aliphatic heterocycles. The number of hydrogen-bond donors (Lipinski definition) is 0. The predicted molar refractivity (Wildman–Crippen MR) is 58.2 cm³/mol. The maximum absolute atomic E-state index is 10.3. The van der Waals surface area contributed by atoms with Crippen molar-refractivity contribution in [1.29, 1.82) is 0 Å². The van der Waals surface area contributed by atoms with Crippen molar-refractivity contribution in [3.8, 4) is 0 Å². The summed E-state index contributed by atoms with van der Waals surface area (Å²) in [5, 5.41) is 0.663. The Hall–Kier alpha value is -0.630. The number of rotatable bonds is 2. The van der Waals surface area contributed by atoms with Gasteiger partial charge in [0, 0.05) is 9.50 Å². The van der Waals surface area contributed by atoms with Gasteiger partial charge in [-0.15, -0.1) is 0 Å². The fraction of sp³-hybridized carbons (Fsp3) is 0.300. The average Bonchev–Trinajstić information content (AvgIpc) is 2.91. The molecule has 1 aliphatic rings. The summed E-state index contributed by atoms with van der Waals surface area (Å²) in [6.07, 6.45) is 3.41. The summed E-state index contributed by atoms with van der Waals surface area (Å²) < 4.78 is 0.943. The zero-order valence-corrected chi connectivity index (χ0v) is 9.60. The summed E-state index contributed by atoms with van der Waals surface area (Å²) in [6, 6.07) is 5.52. The minimum absolute atomic E-state index is 0.356. The standard InChI is InChI=1S/C10H7BrClNO/c11-9-2-1-7(12)5-8(9)10(3-4-10)13-6-14/h1-2,5H,3-4H2. The van der Waals surface area contributed by atoms with Crippen molar-refractivity contribution in [2.75, 3.05) is 0 Å². The zero-order chi connectivity index (χ0) is 10.2. The largest absolute Gasteiger partial charge is 0.235 e. The van der Waals surface area contributed by atoms with Gasteiger partial charge in [0.05, 0.1) is 5.54 Å². The Morgan fingerprint density at radius 2 is 2.21 bits per heavy atom. The summed E-state index contributed by atoms with van der Waals surface area (Å²) in [7, 11) is 0. The first-order chi connectivity index (χ1) is 6.68. The second-order valence-corrected chi connectivity index (χ2v) is 4.65. The molecule has 0 amide bonds. The van der Waals surface area contributed by atoms with Gasteiger partial charge in [0.2, 0.25) is 6.08 Å². The second kappa shape index (κ2) is 3.50. The lowest BCUT2D eigenvalue weighted by Gasteiger charge is -2.10. The van der Waals surface area contributed by atoms with E-state index < -0.39 is 0 Å². The first-order valence-electron chi connectivity index (χ1n) is 4.22.